The van der Waals surface area contributed by atoms with Crippen LogP contribution in [0.1, 0.15) is 39.5 Å². The van der Waals surface area contributed by atoms with Crippen molar-refractivity contribution in [2.24, 2.45) is 0 Å². The Hall–Kier alpha value is -4.79. The average molecular weight is 622 g/mol. The number of nitrogens with one attached hydrogen (secondary N) is 3. The quantitative estimate of drug-likeness (QED) is 0.211. The molecule has 0 bridgehead atoms. The first-order valence-electron chi connectivity index (χ1n) is 15.0. The number of carbonyl (C=O) groups excluding carboxylic acids is 3. The molecule has 2 atom stereocenters. The largest absolute Gasteiger partial charge is 0.351 e. The summed E-state index contributed by atoms with van der Waals surface area (Å²) in [5.41, 5.74) is 3.37. The van der Waals surface area contributed by atoms with E-state index in [2.05, 4.69) is 45.2 Å². The van der Waals surface area contributed by atoms with Gasteiger partial charge in [0, 0.05) is 55.4 Å². The summed E-state index contributed by atoms with van der Waals surface area (Å²) in [6.07, 6.45) is 5.37. The second-order valence-corrected chi connectivity index (χ2v) is 11.4. The van der Waals surface area contributed by atoms with Crippen LogP contribution in [0.25, 0.3) is 6.08 Å². The normalized spacial score (nSPS) is 16.8. The van der Waals surface area contributed by atoms with E-state index in [1.807, 2.05) is 53.4 Å². The van der Waals surface area contributed by atoms with Crippen molar-refractivity contribution >= 4 is 35.4 Å². The molecule has 2 heterocycles. The third-order valence-electron chi connectivity index (χ3n) is 7.79. The molecule has 4 aromatic rings. The highest BCUT2D eigenvalue weighted by Gasteiger charge is 2.33. The van der Waals surface area contributed by atoms with Crippen LogP contribution >= 0.6 is 11.6 Å². The van der Waals surface area contributed by atoms with E-state index in [0.29, 0.717) is 31.1 Å². The van der Waals surface area contributed by atoms with E-state index in [-0.39, 0.29) is 41.9 Å². The van der Waals surface area contributed by atoms with Gasteiger partial charge < -0.3 is 15.5 Å². The van der Waals surface area contributed by atoms with Crippen LogP contribution in [0.15, 0.2) is 115 Å². The lowest BCUT2D eigenvalue weighted by molar-refractivity contribution is -0.132. The SMILES string of the molecule is O=C(/C=C/c1ccc(Cl)cc1)NCC1CCN(CC(c2ccccc2)c2ccccc2)C(=O)C(CNC(=O)c2ccccn2)N1. The highest BCUT2D eigenvalue weighted by Crippen LogP contribution is 2.26. The molecule has 1 aliphatic heterocycles. The predicted molar refractivity (Wildman–Crippen MR) is 177 cm³/mol. The fourth-order valence-corrected chi connectivity index (χ4v) is 5.50. The van der Waals surface area contributed by atoms with Gasteiger partial charge in [-0.15, -0.1) is 0 Å². The van der Waals surface area contributed by atoms with Crippen LogP contribution in [0.3, 0.4) is 0 Å². The molecule has 0 aliphatic carbocycles. The summed E-state index contributed by atoms with van der Waals surface area (Å²) in [4.78, 5) is 45.5. The fraction of sp³-hybridized carbons (Fsp3) is 0.222. The molecule has 5 rings (SSSR count). The molecular formula is C36H36ClN5O3. The van der Waals surface area contributed by atoms with Crippen LogP contribution in [-0.2, 0) is 9.59 Å². The van der Waals surface area contributed by atoms with Gasteiger partial charge in [0.05, 0.1) is 0 Å². The van der Waals surface area contributed by atoms with Crippen molar-refractivity contribution in [3.05, 3.63) is 143 Å². The van der Waals surface area contributed by atoms with Crippen LogP contribution in [0.5, 0.6) is 0 Å². The first-order chi connectivity index (χ1) is 22.0. The van der Waals surface area contributed by atoms with Crippen molar-refractivity contribution in [2.45, 2.75) is 24.4 Å². The van der Waals surface area contributed by atoms with Gasteiger partial charge >= 0.3 is 0 Å². The number of aromatic nitrogens is 1. The topological polar surface area (TPSA) is 103 Å². The summed E-state index contributed by atoms with van der Waals surface area (Å²) in [6, 6.07) is 31.7. The molecule has 1 fully saturated rings. The number of benzene rings is 3. The van der Waals surface area contributed by atoms with E-state index in [4.69, 9.17) is 11.6 Å². The highest BCUT2D eigenvalue weighted by molar-refractivity contribution is 6.30. The summed E-state index contributed by atoms with van der Waals surface area (Å²) >= 11 is 5.95. The predicted octanol–water partition coefficient (Wildman–Crippen LogP) is 4.69. The summed E-state index contributed by atoms with van der Waals surface area (Å²) < 4.78 is 0. The van der Waals surface area contributed by atoms with E-state index in [1.165, 1.54) is 6.08 Å². The molecule has 2 unspecified atom stereocenters. The Morgan fingerprint density at radius 3 is 2.20 bits per heavy atom. The lowest BCUT2D eigenvalue weighted by Gasteiger charge is -2.29. The van der Waals surface area contributed by atoms with Crippen molar-refractivity contribution in [1.29, 1.82) is 0 Å². The Labute approximate surface area is 268 Å². The van der Waals surface area contributed by atoms with Crippen molar-refractivity contribution in [1.82, 2.24) is 25.8 Å². The van der Waals surface area contributed by atoms with Gasteiger partial charge in [0.25, 0.3) is 5.91 Å². The number of amides is 3. The van der Waals surface area contributed by atoms with Crippen LogP contribution in [0, 0.1) is 0 Å². The molecule has 0 spiro atoms. The van der Waals surface area contributed by atoms with Crippen LogP contribution in [-0.4, -0.2) is 65.9 Å². The Bertz CT molecular complexity index is 1540. The van der Waals surface area contributed by atoms with Gasteiger partial charge in [-0.05, 0) is 53.5 Å². The number of rotatable bonds is 11. The molecule has 0 saturated carbocycles. The minimum Gasteiger partial charge on any atom is -0.351 e. The monoisotopic (exact) mass is 621 g/mol. The molecule has 1 aliphatic rings. The number of hydrogen-bond donors (Lipinski definition) is 3. The number of carbonyl (C=O) groups is 3. The van der Waals surface area contributed by atoms with E-state index >= 15 is 0 Å². The summed E-state index contributed by atoms with van der Waals surface area (Å²) in [5, 5.41) is 9.87. The van der Waals surface area contributed by atoms with Crippen molar-refractivity contribution in [3.63, 3.8) is 0 Å². The molecule has 45 heavy (non-hydrogen) atoms. The first kappa shape index (κ1) is 31.6. The van der Waals surface area contributed by atoms with Gasteiger partial charge in [0.2, 0.25) is 11.8 Å². The number of hydrogen-bond acceptors (Lipinski definition) is 5. The Morgan fingerprint density at radius 2 is 1.56 bits per heavy atom. The number of halogens is 1. The summed E-state index contributed by atoms with van der Waals surface area (Å²) in [7, 11) is 0. The van der Waals surface area contributed by atoms with Gasteiger partial charge in [-0.3, -0.25) is 24.7 Å². The number of nitrogens with zero attached hydrogens (tertiary/aromatic N) is 2. The first-order valence-corrected chi connectivity index (χ1v) is 15.4. The molecule has 3 aromatic carbocycles. The molecule has 9 heteroatoms. The maximum Gasteiger partial charge on any atom is 0.269 e. The van der Waals surface area contributed by atoms with E-state index < -0.39 is 6.04 Å². The Balaban J connectivity index is 1.30. The Morgan fingerprint density at radius 1 is 0.889 bits per heavy atom. The summed E-state index contributed by atoms with van der Waals surface area (Å²) in [6.45, 7) is 1.36. The van der Waals surface area contributed by atoms with Gasteiger partial charge in [-0.1, -0.05) is 90.5 Å². The average Bonchev–Trinajstić information content (AvgIpc) is 3.23. The maximum atomic E-state index is 14.0. The standard InChI is InChI=1S/C36H36ClN5O3/c37-29-17-14-26(15-18-29)16-19-34(43)39-23-30-20-22-42(25-31(27-9-3-1-4-10-27)28-11-5-2-6-12-28)36(45)33(41-30)24-40-35(44)32-13-7-8-21-38-32/h1-19,21,30-31,33,41H,20,22-25H2,(H,39,43)(H,40,44)/b19-16+. The van der Waals surface area contributed by atoms with Gasteiger partial charge in [0.15, 0.2) is 0 Å². The zero-order valence-corrected chi connectivity index (χ0v) is 25.6. The van der Waals surface area contributed by atoms with E-state index in [9.17, 15) is 14.4 Å². The molecule has 3 amide bonds. The van der Waals surface area contributed by atoms with E-state index in [0.717, 1.165) is 16.7 Å². The molecular weight excluding hydrogens is 586 g/mol. The minimum absolute atomic E-state index is 0.0330. The second kappa shape index (κ2) is 15.8. The van der Waals surface area contributed by atoms with E-state index in [1.54, 1.807) is 42.6 Å². The van der Waals surface area contributed by atoms with Crippen LogP contribution in [0.4, 0.5) is 0 Å². The van der Waals surface area contributed by atoms with Crippen molar-refractivity contribution in [2.75, 3.05) is 26.2 Å². The third-order valence-corrected chi connectivity index (χ3v) is 8.04. The molecule has 3 N–H and O–H groups in total. The maximum absolute atomic E-state index is 14.0. The Kier molecular flexibility index (Phi) is 11.1. The molecule has 8 nitrogen and oxygen atoms in total. The number of pyridine rings is 1. The third kappa shape index (κ3) is 9.11. The smallest absolute Gasteiger partial charge is 0.269 e. The van der Waals surface area contributed by atoms with Crippen molar-refractivity contribution < 1.29 is 14.4 Å². The van der Waals surface area contributed by atoms with Crippen molar-refractivity contribution in [3.8, 4) is 0 Å². The minimum atomic E-state index is -0.695. The van der Waals surface area contributed by atoms with Gasteiger partial charge in [-0.2, -0.15) is 0 Å². The van der Waals surface area contributed by atoms with Gasteiger partial charge in [0.1, 0.15) is 11.7 Å². The molecule has 0 radical (unpaired) electrons. The van der Waals surface area contributed by atoms with Crippen LogP contribution in [0.2, 0.25) is 5.02 Å². The lowest BCUT2D eigenvalue weighted by atomic mass is 9.90. The van der Waals surface area contributed by atoms with Gasteiger partial charge in [-0.25, -0.2) is 0 Å². The highest BCUT2D eigenvalue weighted by atomic mass is 35.5. The molecule has 1 saturated heterocycles. The van der Waals surface area contributed by atoms with Crippen LogP contribution < -0.4 is 16.0 Å². The summed E-state index contributed by atoms with van der Waals surface area (Å²) in [5.74, 6) is -0.740. The molecule has 1 aromatic heterocycles. The zero-order valence-electron chi connectivity index (χ0n) is 24.8. The molecule has 230 valence electrons. The lowest BCUT2D eigenvalue weighted by Crippen LogP contribution is -2.54. The zero-order chi connectivity index (χ0) is 31.4. The fourth-order valence-electron chi connectivity index (χ4n) is 5.38. The second-order valence-electron chi connectivity index (χ2n) is 10.9.